The molecule has 114 valence electrons. The van der Waals surface area contributed by atoms with Crippen molar-refractivity contribution in [3.05, 3.63) is 59.1 Å². The smallest absolute Gasteiger partial charge is 0.308 e. The minimum absolute atomic E-state index is 0.339. The van der Waals surface area contributed by atoms with Crippen molar-refractivity contribution in [2.45, 2.75) is 17.1 Å². The molecule has 2 aromatic carbocycles. The minimum atomic E-state index is -0.532. The van der Waals surface area contributed by atoms with Crippen LogP contribution in [0, 0.1) is 0 Å². The second kappa shape index (κ2) is 8.00. The van der Waals surface area contributed by atoms with Crippen LogP contribution in [0.2, 0.25) is 0 Å². The van der Waals surface area contributed by atoms with Crippen LogP contribution in [0.5, 0.6) is 0 Å². The van der Waals surface area contributed by atoms with E-state index in [4.69, 9.17) is 0 Å². The van der Waals surface area contributed by atoms with Gasteiger partial charge in [0.25, 0.3) is 0 Å². The number of carbonyl (C=O) groups is 2. The Bertz CT molecular complexity index is 664. The maximum atomic E-state index is 12.1. The Hall–Kier alpha value is -1.79. The highest BCUT2D eigenvalue weighted by atomic mass is 79.9. The van der Waals surface area contributed by atoms with Crippen molar-refractivity contribution in [1.82, 2.24) is 5.32 Å². The number of anilines is 1. The van der Waals surface area contributed by atoms with Gasteiger partial charge in [0, 0.05) is 15.1 Å². The number of thioether (sulfide) groups is 1. The van der Waals surface area contributed by atoms with Crippen LogP contribution in [0.25, 0.3) is 0 Å². The molecule has 0 spiro atoms. The molecule has 2 N–H and O–H groups in total. The molecule has 0 aliphatic carbocycles. The Morgan fingerprint density at radius 1 is 1.05 bits per heavy atom. The van der Waals surface area contributed by atoms with Crippen LogP contribution >= 0.6 is 27.7 Å². The number of carbonyl (C=O) groups excluding carboxylic acids is 2. The first kappa shape index (κ1) is 16.6. The van der Waals surface area contributed by atoms with Gasteiger partial charge in [-0.2, -0.15) is 0 Å². The van der Waals surface area contributed by atoms with E-state index in [1.54, 1.807) is 19.1 Å². The number of amides is 3. The van der Waals surface area contributed by atoms with Gasteiger partial charge in [0.2, 0.25) is 5.91 Å². The SMILES string of the molecule is CC(Sc1ccccc1Br)C(=O)NC(=O)Nc1ccccc1. The van der Waals surface area contributed by atoms with Crippen molar-refractivity contribution >= 4 is 45.3 Å². The first-order valence-electron chi connectivity index (χ1n) is 6.64. The maximum Gasteiger partial charge on any atom is 0.325 e. The van der Waals surface area contributed by atoms with Crippen LogP contribution in [-0.2, 0) is 4.79 Å². The van der Waals surface area contributed by atoms with Crippen LogP contribution in [0.15, 0.2) is 64.0 Å². The molecule has 0 aromatic heterocycles. The zero-order chi connectivity index (χ0) is 15.9. The summed E-state index contributed by atoms with van der Waals surface area (Å²) >= 11 is 4.82. The van der Waals surface area contributed by atoms with Gasteiger partial charge < -0.3 is 5.32 Å². The molecule has 4 nitrogen and oxygen atoms in total. The van der Waals surface area contributed by atoms with Crippen LogP contribution in [-0.4, -0.2) is 17.2 Å². The summed E-state index contributed by atoms with van der Waals surface area (Å²) in [5.41, 5.74) is 0.638. The third-order valence-electron chi connectivity index (χ3n) is 2.78. The highest BCUT2D eigenvalue weighted by Crippen LogP contribution is 2.30. The van der Waals surface area contributed by atoms with E-state index in [-0.39, 0.29) is 11.2 Å². The van der Waals surface area contributed by atoms with Crippen molar-refractivity contribution in [3.8, 4) is 0 Å². The summed E-state index contributed by atoms with van der Waals surface area (Å²) in [5, 5.41) is 4.57. The van der Waals surface area contributed by atoms with E-state index in [1.165, 1.54) is 11.8 Å². The van der Waals surface area contributed by atoms with E-state index in [2.05, 4.69) is 26.6 Å². The molecule has 0 heterocycles. The predicted octanol–water partition coefficient (Wildman–Crippen LogP) is 4.28. The molecule has 0 aliphatic heterocycles. The minimum Gasteiger partial charge on any atom is -0.308 e. The number of hydrogen-bond donors (Lipinski definition) is 2. The molecule has 0 radical (unpaired) electrons. The molecule has 0 saturated carbocycles. The number of benzene rings is 2. The number of para-hydroxylation sites is 1. The van der Waals surface area contributed by atoms with Gasteiger partial charge in [-0.15, -0.1) is 11.8 Å². The van der Waals surface area contributed by atoms with Gasteiger partial charge in [-0.3, -0.25) is 10.1 Å². The van der Waals surface area contributed by atoms with Crippen molar-refractivity contribution in [2.75, 3.05) is 5.32 Å². The van der Waals surface area contributed by atoms with Crippen molar-refractivity contribution < 1.29 is 9.59 Å². The summed E-state index contributed by atoms with van der Waals surface area (Å²) in [5.74, 6) is -0.339. The normalized spacial score (nSPS) is 11.5. The maximum absolute atomic E-state index is 12.1. The molecule has 0 saturated heterocycles. The largest absolute Gasteiger partial charge is 0.325 e. The third kappa shape index (κ3) is 4.89. The fourth-order valence-corrected chi connectivity index (χ4v) is 3.13. The molecule has 0 fully saturated rings. The van der Waals surface area contributed by atoms with Crippen LogP contribution in [0.3, 0.4) is 0 Å². The predicted molar refractivity (Wildman–Crippen MR) is 93.1 cm³/mol. The second-order valence-corrected chi connectivity index (χ2v) is 6.74. The van der Waals surface area contributed by atoms with Gasteiger partial charge in [-0.25, -0.2) is 4.79 Å². The lowest BCUT2D eigenvalue weighted by Gasteiger charge is -2.12. The summed E-state index contributed by atoms with van der Waals surface area (Å²) in [6.45, 7) is 1.76. The van der Waals surface area contributed by atoms with Crippen molar-refractivity contribution in [2.24, 2.45) is 0 Å². The van der Waals surface area contributed by atoms with Crippen molar-refractivity contribution in [3.63, 3.8) is 0 Å². The Morgan fingerprint density at radius 2 is 1.68 bits per heavy atom. The fraction of sp³-hybridized carbons (Fsp3) is 0.125. The third-order valence-corrected chi connectivity index (χ3v) is 4.91. The van der Waals surface area contributed by atoms with Gasteiger partial charge >= 0.3 is 6.03 Å². The molecule has 6 heteroatoms. The van der Waals surface area contributed by atoms with E-state index >= 15 is 0 Å². The van der Waals surface area contributed by atoms with Gasteiger partial charge in [0.15, 0.2) is 0 Å². The van der Waals surface area contributed by atoms with E-state index < -0.39 is 6.03 Å². The average Bonchev–Trinajstić information content (AvgIpc) is 2.50. The second-order valence-electron chi connectivity index (χ2n) is 4.50. The molecular weight excluding hydrogens is 364 g/mol. The zero-order valence-corrected chi connectivity index (χ0v) is 14.3. The number of rotatable bonds is 4. The number of halogens is 1. The first-order chi connectivity index (χ1) is 10.6. The van der Waals surface area contributed by atoms with Crippen LogP contribution in [0.4, 0.5) is 10.5 Å². The Morgan fingerprint density at radius 3 is 2.36 bits per heavy atom. The van der Waals surface area contributed by atoms with Gasteiger partial charge in [0.1, 0.15) is 0 Å². The Labute approximate surface area is 141 Å². The quantitative estimate of drug-likeness (QED) is 0.780. The standard InChI is InChI=1S/C16H15BrN2O2S/c1-11(22-14-10-6-5-9-13(14)17)15(20)19-16(21)18-12-7-3-2-4-8-12/h2-11H,1H3,(H2,18,19,20,21). The molecule has 1 unspecified atom stereocenters. The lowest BCUT2D eigenvalue weighted by atomic mass is 10.3. The van der Waals surface area contributed by atoms with Crippen LogP contribution in [0.1, 0.15) is 6.92 Å². The highest BCUT2D eigenvalue weighted by molar-refractivity contribution is 9.10. The lowest BCUT2D eigenvalue weighted by molar-refractivity contribution is -0.119. The molecule has 0 bridgehead atoms. The van der Waals surface area contributed by atoms with E-state index in [0.29, 0.717) is 5.69 Å². The van der Waals surface area contributed by atoms with E-state index in [9.17, 15) is 9.59 Å². The summed E-state index contributed by atoms with van der Waals surface area (Å²) in [7, 11) is 0. The van der Waals surface area contributed by atoms with Gasteiger partial charge in [0.05, 0.1) is 5.25 Å². The fourth-order valence-electron chi connectivity index (χ4n) is 1.68. The number of hydrogen-bond acceptors (Lipinski definition) is 3. The zero-order valence-electron chi connectivity index (χ0n) is 11.9. The molecule has 1 atom stereocenters. The molecule has 3 amide bonds. The molecule has 2 rings (SSSR count). The van der Waals surface area contributed by atoms with E-state index in [0.717, 1.165) is 9.37 Å². The number of urea groups is 1. The van der Waals surface area contributed by atoms with Gasteiger partial charge in [-0.05, 0) is 47.1 Å². The van der Waals surface area contributed by atoms with Crippen LogP contribution < -0.4 is 10.6 Å². The number of nitrogens with one attached hydrogen (secondary N) is 2. The summed E-state index contributed by atoms with van der Waals surface area (Å²) in [4.78, 5) is 24.8. The summed E-state index contributed by atoms with van der Waals surface area (Å²) in [6, 6.07) is 16.1. The summed E-state index contributed by atoms with van der Waals surface area (Å²) in [6.07, 6.45) is 0. The molecule has 2 aromatic rings. The summed E-state index contributed by atoms with van der Waals surface area (Å²) < 4.78 is 0.924. The Kier molecular flexibility index (Phi) is 6.03. The van der Waals surface area contributed by atoms with E-state index in [1.807, 2.05) is 42.5 Å². The van der Waals surface area contributed by atoms with Crippen molar-refractivity contribution in [1.29, 1.82) is 0 Å². The molecule has 0 aliphatic rings. The average molecular weight is 379 g/mol. The van der Waals surface area contributed by atoms with Gasteiger partial charge in [-0.1, -0.05) is 30.3 Å². The monoisotopic (exact) mass is 378 g/mol. The molecule has 22 heavy (non-hydrogen) atoms. The Balaban J connectivity index is 1.88. The number of imide groups is 1. The highest BCUT2D eigenvalue weighted by Gasteiger charge is 2.18. The molecular formula is C16H15BrN2O2S. The first-order valence-corrected chi connectivity index (χ1v) is 8.31. The lowest BCUT2D eigenvalue weighted by Crippen LogP contribution is -2.38. The topological polar surface area (TPSA) is 58.2 Å².